The van der Waals surface area contributed by atoms with E-state index in [0.717, 1.165) is 52.6 Å². The number of nitrogens with zero attached hydrogens (tertiary/aromatic N) is 3. The molecule has 1 unspecified atom stereocenters. The lowest BCUT2D eigenvalue weighted by Gasteiger charge is -2.33. The number of halogens is 1. The molecule has 2 N–H and O–H groups in total. The van der Waals surface area contributed by atoms with Gasteiger partial charge in [-0.05, 0) is 71.2 Å². The highest BCUT2D eigenvalue weighted by molar-refractivity contribution is 6.30. The van der Waals surface area contributed by atoms with E-state index in [1.165, 1.54) is 18.4 Å². The molecule has 4 nitrogen and oxygen atoms in total. The van der Waals surface area contributed by atoms with E-state index < -0.39 is 5.54 Å². The minimum absolute atomic E-state index is 0.544. The van der Waals surface area contributed by atoms with Crippen molar-refractivity contribution in [2.75, 3.05) is 13.1 Å². The molecule has 2 heterocycles. The highest BCUT2D eigenvalue weighted by Crippen LogP contribution is 2.45. The molecule has 0 spiro atoms. The molecule has 3 aromatic rings. The van der Waals surface area contributed by atoms with Crippen LogP contribution in [-0.4, -0.2) is 29.8 Å². The summed E-state index contributed by atoms with van der Waals surface area (Å²) in [6, 6.07) is 25.5. The Morgan fingerprint density at radius 1 is 0.906 bits per heavy atom. The van der Waals surface area contributed by atoms with Crippen LogP contribution in [0.1, 0.15) is 41.9 Å². The first kappa shape index (κ1) is 19.6. The molecule has 0 amide bonds. The predicted octanol–water partition coefficient (Wildman–Crippen LogP) is 5.56. The van der Waals surface area contributed by atoms with Gasteiger partial charge in [-0.15, -0.1) is 0 Å². The van der Waals surface area contributed by atoms with Crippen molar-refractivity contribution >= 4 is 23.4 Å². The Kier molecular flexibility index (Phi) is 4.58. The summed E-state index contributed by atoms with van der Waals surface area (Å²) >= 11 is 6.28. The number of hydrogen-bond acceptors (Lipinski definition) is 4. The molecule has 3 aliphatic rings. The van der Waals surface area contributed by atoms with Gasteiger partial charge in [0.2, 0.25) is 0 Å². The van der Waals surface area contributed by atoms with E-state index in [-0.39, 0.29) is 0 Å². The lowest BCUT2D eigenvalue weighted by molar-refractivity contribution is 0.531. The van der Waals surface area contributed by atoms with Gasteiger partial charge < -0.3 is 5.73 Å². The van der Waals surface area contributed by atoms with Crippen molar-refractivity contribution in [1.29, 1.82) is 0 Å². The fraction of sp³-hybridized carbons (Fsp3) is 0.259. The van der Waals surface area contributed by atoms with E-state index in [0.29, 0.717) is 11.9 Å². The number of amidine groups is 1. The standard InChI is InChI=1S/C27H25ClN4/c28-24-7-2-5-21(17-24)20-4-1-6-23(16-20)27(22-12-10-19(11-13-22)18-8-9-18)25-30-14-3-15-32(25)26(29)31-27/h1-2,4-7,10-13,16-18H,3,8-9,14-15H2,(H2,29,31). The Bertz CT molecular complexity index is 1240. The number of benzene rings is 3. The molecule has 2 aliphatic heterocycles. The van der Waals surface area contributed by atoms with Crippen LogP contribution in [0.4, 0.5) is 0 Å². The maximum Gasteiger partial charge on any atom is 0.198 e. The molecule has 0 aromatic heterocycles. The van der Waals surface area contributed by atoms with Crippen LogP contribution >= 0.6 is 11.6 Å². The monoisotopic (exact) mass is 440 g/mol. The average molecular weight is 441 g/mol. The maximum absolute atomic E-state index is 6.47. The minimum atomic E-state index is -0.735. The number of nitrogens with two attached hydrogens (primary N) is 1. The van der Waals surface area contributed by atoms with E-state index in [9.17, 15) is 0 Å². The van der Waals surface area contributed by atoms with Gasteiger partial charge in [0.05, 0.1) is 0 Å². The first-order chi connectivity index (χ1) is 15.6. The van der Waals surface area contributed by atoms with Crippen molar-refractivity contribution in [1.82, 2.24) is 4.90 Å². The number of hydrogen-bond donors (Lipinski definition) is 1. The molecule has 0 radical (unpaired) electrons. The summed E-state index contributed by atoms with van der Waals surface area (Å²) in [5.74, 6) is 2.19. The van der Waals surface area contributed by atoms with E-state index in [1.54, 1.807) is 0 Å². The zero-order valence-corrected chi connectivity index (χ0v) is 18.6. The molecular weight excluding hydrogens is 416 g/mol. The zero-order valence-electron chi connectivity index (χ0n) is 17.8. The van der Waals surface area contributed by atoms with Crippen LogP contribution in [0.3, 0.4) is 0 Å². The molecule has 32 heavy (non-hydrogen) atoms. The van der Waals surface area contributed by atoms with Crippen molar-refractivity contribution in [2.24, 2.45) is 15.7 Å². The van der Waals surface area contributed by atoms with Gasteiger partial charge in [-0.2, -0.15) is 0 Å². The first-order valence-corrected chi connectivity index (χ1v) is 11.7. The summed E-state index contributed by atoms with van der Waals surface area (Å²) in [7, 11) is 0. The SMILES string of the molecule is NC1=NC(c2ccc(C3CC3)cc2)(c2cccc(-c3cccc(Cl)c3)c2)C2=NCCCN12. The predicted molar refractivity (Wildman–Crippen MR) is 131 cm³/mol. The third kappa shape index (κ3) is 3.13. The molecule has 160 valence electrons. The average Bonchev–Trinajstić information content (AvgIpc) is 3.64. The highest BCUT2D eigenvalue weighted by atomic mass is 35.5. The van der Waals surface area contributed by atoms with Crippen molar-refractivity contribution in [3.63, 3.8) is 0 Å². The minimum Gasteiger partial charge on any atom is -0.369 e. The third-order valence-electron chi connectivity index (χ3n) is 6.75. The Balaban J connectivity index is 1.54. The topological polar surface area (TPSA) is 54.0 Å². The van der Waals surface area contributed by atoms with E-state index in [2.05, 4.69) is 59.5 Å². The summed E-state index contributed by atoms with van der Waals surface area (Å²) in [5.41, 5.74) is 11.5. The summed E-state index contributed by atoms with van der Waals surface area (Å²) in [6.07, 6.45) is 3.56. The molecular formula is C27H25ClN4. The van der Waals surface area contributed by atoms with Crippen LogP contribution in [0.15, 0.2) is 82.8 Å². The van der Waals surface area contributed by atoms with Gasteiger partial charge in [-0.25, -0.2) is 4.99 Å². The Labute approximate surface area is 193 Å². The maximum atomic E-state index is 6.47. The van der Waals surface area contributed by atoms with Crippen LogP contribution in [0.2, 0.25) is 5.02 Å². The Hall–Kier alpha value is -3.11. The van der Waals surface area contributed by atoms with Gasteiger partial charge in [0.15, 0.2) is 11.5 Å². The number of rotatable bonds is 4. The van der Waals surface area contributed by atoms with Gasteiger partial charge in [-0.3, -0.25) is 9.89 Å². The van der Waals surface area contributed by atoms with Crippen molar-refractivity contribution in [3.8, 4) is 11.1 Å². The number of guanidine groups is 1. The van der Waals surface area contributed by atoms with Crippen molar-refractivity contribution < 1.29 is 0 Å². The van der Waals surface area contributed by atoms with E-state index >= 15 is 0 Å². The fourth-order valence-electron chi connectivity index (χ4n) is 4.98. The van der Waals surface area contributed by atoms with Crippen LogP contribution in [0.25, 0.3) is 11.1 Å². The smallest absolute Gasteiger partial charge is 0.198 e. The van der Waals surface area contributed by atoms with Crippen LogP contribution < -0.4 is 5.73 Å². The lowest BCUT2D eigenvalue weighted by atomic mass is 9.80. The zero-order chi connectivity index (χ0) is 21.7. The van der Waals surface area contributed by atoms with E-state index in [1.807, 2.05) is 18.2 Å². The molecule has 0 saturated heterocycles. The third-order valence-corrected chi connectivity index (χ3v) is 6.99. The second-order valence-corrected chi connectivity index (χ2v) is 9.31. The molecule has 1 atom stereocenters. The number of aliphatic imine (C=N–C) groups is 2. The lowest BCUT2D eigenvalue weighted by Crippen LogP contribution is -2.46. The van der Waals surface area contributed by atoms with Gasteiger partial charge >= 0.3 is 0 Å². The summed E-state index contributed by atoms with van der Waals surface area (Å²) in [6.45, 7) is 1.65. The van der Waals surface area contributed by atoms with Gasteiger partial charge in [-0.1, -0.05) is 66.2 Å². The summed E-state index contributed by atoms with van der Waals surface area (Å²) < 4.78 is 0. The molecule has 5 heteroatoms. The van der Waals surface area contributed by atoms with Crippen molar-refractivity contribution in [2.45, 2.75) is 30.7 Å². The second kappa shape index (κ2) is 7.49. The van der Waals surface area contributed by atoms with Crippen molar-refractivity contribution in [3.05, 3.63) is 94.5 Å². The van der Waals surface area contributed by atoms with E-state index in [4.69, 9.17) is 27.3 Å². The largest absolute Gasteiger partial charge is 0.369 e. The molecule has 0 bridgehead atoms. The Morgan fingerprint density at radius 3 is 2.41 bits per heavy atom. The fourth-order valence-corrected chi connectivity index (χ4v) is 5.17. The van der Waals surface area contributed by atoms with Gasteiger partial charge in [0, 0.05) is 18.1 Å². The van der Waals surface area contributed by atoms with Gasteiger partial charge in [0.1, 0.15) is 5.84 Å². The van der Waals surface area contributed by atoms with Crippen LogP contribution in [-0.2, 0) is 5.54 Å². The molecule has 1 saturated carbocycles. The van der Waals surface area contributed by atoms with Gasteiger partial charge in [0.25, 0.3) is 0 Å². The summed E-state index contributed by atoms with van der Waals surface area (Å²) in [4.78, 5) is 12.2. The van der Waals surface area contributed by atoms with Crippen LogP contribution in [0, 0.1) is 0 Å². The van der Waals surface area contributed by atoms with Crippen LogP contribution in [0.5, 0.6) is 0 Å². The number of fused-ring (bicyclic) bond motifs is 1. The summed E-state index contributed by atoms with van der Waals surface area (Å²) in [5, 5.41) is 0.726. The second-order valence-electron chi connectivity index (χ2n) is 8.88. The first-order valence-electron chi connectivity index (χ1n) is 11.3. The molecule has 3 aromatic carbocycles. The highest BCUT2D eigenvalue weighted by Gasteiger charge is 2.49. The molecule has 1 fully saturated rings. The molecule has 6 rings (SSSR count). The molecule has 1 aliphatic carbocycles. The Morgan fingerprint density at radius 2 is 1.66 bits per heavy atom. The normalized spacial score (nSPS) is 22.3. The quantitative estimate of drug-likeness (QED) is 0.577.